The molecule has 2 aliphatic heterocycles. The second-order valence-electron chi connectivity index (χ2n) is 14.6. The number of amides is 3. The number of halogens is 1. The predicted octanol–water partition coefficient (Wildman–Crippen LogP) is 7.84. The molecule has 57 heavy (non-hydrogen) atoms. The number of piperidine rings is 1. The molecule has 12 nitrogen and oxygen atoms in total. The van der Waals surface area contributed by atoms with E-state index in [1.165, 1.54) is 11.1 Å². The molecule has 3 amide bonds. The van der Waals surface area contributed by atoms with Gasteiger partial charge in [0, 0.05) is 63.3 Å². The normalized spacial score (nSPS) is 15.8. The van der Waals surface area contributed by atoms with Gasteiger partial charge in [0.2, 0.25) is 0 Å². The maximum absolute atomic E-state index is 14.1. The van der Waals surface area contributed by atoms with Gasteiger partial charge < -0.3 is 15.1 Å². The van der Waals surface area contributed by atoms with Gasteiger partial charge in [-0.2, -0.15) is 5.10 Å². The zero-order valence-corrected chi connectivity index (χ0v) is 32.9. The number of likely N-dealkylation sites (tertiary alicyclic amines) is 1. The molecule has 0 saturated carbocycles. The van der Waals surface area contributed by atoms with Gasteiger partial charge in [0.05, 0.1) is 24.5 Å². The second-order valence-corrected chi connectivity index (χ2v) is 16.0. The highest BCUT2D eigenvalue weighted by atomic mass is 35.5. The Balaban J connectivity index is 0.827. The molecule has 1 fully saturated rings. The van der Waals surface area contributed by atoms with E-state index < -0.39 is 0 Å². The van der Waals surface area contributed by atoms with E-state index in [0.29, 0.717) is 58.4 Å². The van der Waals surface area contributed by atoms with Crippen molar-refractivity contribution < 1.29 is 14.4 Å². The summed E-state index contributed by atoms with van der Waals surface area (Å²) in [5, 5.41) is 18.9. The van der Waals surface area contributed by atoms with Crippen molar-refractivity contribution in [3.05, 3.63) is 152 Å². The molecular formula is C43H38ClN9O3S. The van der Waals surface area contributed by atoms with Crippen LogP contribution in [0.15, 0.2) is 103 Å². The van der Waals surface area contributed by atoms with E-state index in [1.54, 1.807) is 40.1 Å². The zero-order valence-electron chi connectivity index (χ0n) is 31.3. The molecule has 1 saturated heterocycles. The third-order valence-electron chi connectivity index (χ3n) is 10.9. The van der Waals surface area contributed by atoms with Crippen molar-refractivity contribution in [3.8, 4) is 11.3 Å². The number of hydrogen-bond donors (Lipinski definition) is 1. The number of benzene rings is 3. The van der Waals surface area contributed by atoms with Crippen LogP contribution in [0.5, 0.6) is 0 Å². The molecule has 1 N–H and O–H groups in total. The van der Waals surface area contributed by atoms with Crippen LogP contribution in [0.25, 0.3) is 16.9 Å². The first-order valence-corrected chi connectivity index (χ1v) is 20.1. The largest absolute Gasteiger partial charge is 0.338 e. The lowest BCUT2D eigenvalue weighted by Crippen LogP contribution is -2.40. The summed E-state index contributed by atoms with van der Waals surface area (Å²) in [5.74, 6) is -0.483. The monoisotopic (exact) mass is 795 g/mol. The van der Waals surface area contributed by atoms with Gasteiger partial charge in [-0.15, -0.1) is 16.4 Å². The number of fused-ring (bicyclic) bond motifs is 2. The number of nitrogens with one attached hydrogen (secondary N) is 1. The SMILES string of the molecule is Cc1cc(C)n2ncc(C(=O)Nc3ccc(-c4cn(C5CCN(C(=O)c6cccc(C(=O)N7CCc8sccc8C7c7ccc(Cl)cc7)c6)CC5)nn4)cc3)c2n1. The van der Waals surface area contributed by atoms with Crippen LogP contribution in [0.4, 0.5) is 5.69 Å². The summed E-state index contributed by atoms with van der Waals surface area (Å²) in [6.07, 6.45) is 5.69. The lowest BCUT2D eigenvalue weighted by atomic mass is 9.92. The van der Waals surface area contributed by atoms with E-state index in [9.17, 15) is 14.4 Å². The molecule has 9 rings (SSSR count). The average molecular weight is 796 g/mol. The van der Waals surface area contributed by atoms with Crippen LogP contribution in [0.1, 0.15) is 83.4 Å². The summed E-state index contributed by atoms with van der Waals surface area (Å²) in [6.45, 7) is 5.51. The average Bonchev–Trinajstić information content (AvgIpc) is 4.02. The minimum absolute atomic E-state index is 0.0828. The van der Waals surface area contributed by atoms with Crippen molar-refractivity contribution in [1.29, 1.82) is 0 Å². The van der Waals surface area contributed by atoms with Gasteiger partial charge >= 0.3 is 0 Å². The van der Waals surface area contributed by atoms with Crippen LogP contribution in [-0.4, -0.2) is 76.7 Å². The number of aromatic nitrogens is 6. The molecule has 6 heterocycles. The van der Waals surface area contributed by atoms with Gasteiger partial charge in [0.15, 0.2) is 5.65 Å². The third-order valence-corrected chi connectivity index (χ3v) is 12.1. The van der Waals surface area contributed by atoms with Gasteiger partial charge in [-0.1, -0.05) is 47.1 Å². The van der Waals surface area contributed by atoms with Crippen molar-refractivity contribution >= 4 is 52.0 Å². The molecule has 3 aromatic carbocycles. The maximum Gasteiger partial charge on any atom is 0.261 e. The number of carbonyl (C=O) groups is 3. The molecule has 0 bridgehead atoms. The lowest BCUT2D eigenvalue weighted by Gasteiger charge is -2.36. The summed E-state index contributed by atoms with van der Waals surface area (Å²) in [7, 11) is 0. The quantitative estimate of drug-likeness (QED) is 0.174. The summed E-state index contributed by atoms with van der Waals surface area (Å²) in [5.41, 5.74) is 7.99. The number of nitrogens with zero attached hydrogens (tertiary/aromatic N) is 8. The van der Waals surface area contributed by atoms with Crippen LogP contribution in [0.3, 0.4) is 0 Å². The summed E-state index contributed by atoms with van der Waals surface area (Å²) in [4.78, 5) is 50.6. The number of thiophene rings is 1. The Hall–Kier alpha value is -6.18. The first-order chi connectivity index (χ1) is 27.7. The number of carbonyl (C=O) groups excluding carboxylic acids is 3. The molecule has 0 spiro atoms. The van der Waals surface area contributed by atoms with Crippen LogP contribution in [0, 0.1) is 13.8 Å². The minimum Gasteiger partial charge on any atom is -0.338 e. The Bertz CT molecular complexity index is 2640. The Kier molecular flexibility index (Phi) is 9.63. The van der Waals surface area contributed by atoms with Crippen molar-refractivity contribution in [2.45, 2.75) is 45.2 Å². The van der Waals surface area contributed by atoms with Crippen LogP contribution in [-0.2, 0) is 6.42 Å². The predicted molar refractivity (Wildman–Crippen MR) is 219 cm³/mol. The molecular weight excluding hydrogens is 758 g/mol. The van der Waals surface area contributed by atoms with E-state index in [2.05, 4.69) is 37.2 Å². The van der Waals surface area contributed by atoms with Crippen LogP contribution >= 0.6 is 22.9 Å². The molecule has 1 unspecified atom stereocenters. The van der Waals surface area contributed by atoms with Crippen LogP contribution < -0.4 is 5.32 Å². The van der Waals surface area contributed by atoms with E-state index in [0.717, 1.165) is 47.3 Å². The fraction of sp³-hybridized carbons (Fsp3) is 0.233. The second kappa shape index (κ2) is 15.1. The minimum atomic E-state index is -0.287. The van der Waals surface area contributed by atoms with E-state index >= 15 is 0 Å². The maximum atomic E-state index is 14.1. The zero-order chi connectivity index (χ0) is 39.2. The summed E-state index contributed by atoms with van der Waals surface area (Å²) in [6, 6.07) is 26.1. The van der Waals surface area contributed by atoms with Gasteiger partial charge in [-0.3, -0.25) is 14.4 Å². The van der Waals surface area contributed by atoms with Crippen molar-refractivity contribution in [3.63, 3.8) is 0 Å². The first-order valence-electron chi connectivity index (χ1n) is 18.9. The fourth-order valence-corrected chi connectivity index (χ4v) is 8.98. The van der Waals surface area contributed by atoms with Crippen molar-refractivity contribution in [1.82, 2.24) is 39.4 Å². The third kappa shape index (κ3) is 7.08. The smallest absolute Gasteiger partial charge is 0.261 e. The molecule has 0 radical (unpaired) electrons. The molecule has 0 aliphatic carbocycles. The van der Waals surface area contributed by atoms with E-state index in [-0.39, 0.29) is 29.8 Å². The topological polar surface area (TPSA) is 131 Å². The van der Waals surface area contributed by atoms with E-state index in [1.807, 2.05) is 89.1 Å². The highest BCUT2D eigenvalue weighted by Gasteiger charge is 2.34. The highest BCUT2D eigenvalue weighted by molar-refractivity contribution is 7.10. The summed E-state index contributed by atoms with van der Waals surface area (Å²) >= 11 is 7.93. The van der Waals surface area contributed by atoms with Gasteiger partial charge in [0.25, 0.3) is 17.7 Å². The molecule has 1 atom stereocenters. The summed E-state index contributed by atoms with van der Waals surface area (Å²) < 4.78 is 3.54. The number of hydrogen-bond acceptors (Lipinski definition) is 8. The Morgan fingerprint density at radius 1 is 0.877 bits per heavy atom. The molecule has 4 aromatic heterocycles. The Morgan fingerprint density at radius 2 is 1.63 bits per heavy atom. The lowest BCUT2D eigenvalue weighted by molar-refractivity contribution is 0.0688. The Morgan fingerprint density at radius 3 is 2.40 bits per heavy atom. The van der Waals surface area contributed by atoms with Gasteiger partial charge in [-0.05, 0) is 104 Å². The van der Waals surface area contributed by atoms with Gasteiger partial charge in [-0.25, -0.2) is 14.2 Å². The Labute approximate surface area is 337 Å². The van der Waals surface area contributed by atoms with E-state index in [4.69, 9.17) is 11.6 Å². The molecule has 286 valence electrons. The molecule has 7 aromatic rings. The number of aryl methyl sites for hydroxylation is 2. The van der Waals surface area contributed by atoms with Gasteiger partial charge in [0.1, 0.15) is 11.3 Å². The fourth-order valence-electron chi connectivity index (χ4n) is 7.95. The highest BCUT2D eigenvalue weighted by Crippen LogP contribution is 2.39. The number of anilines is 1. The molecule has 14 heteroatoms. The molecule has 2 aliphatic rings. The van der Waals surface area contributed by atoms with Crippen molar-refractivity contribution in [2.24, 2.45) is 0 Å². The van der Waals surface area contributed by atoms with Crippen molar-refractivity contribution in [2.75, 3.05) is 25.0 Å². The standard InChI is InChI=1S/C43H38ClN9O3S/c1-26-22-27(2)53-40(46-26)36(24-45-53)41(54)47-33-12-8-28(9-13-33)37-25-52(49-48-37)34-14-18-50(19-15-34)42(55)30-4-3-5-31(23-30)43(56)51-20-16-38-35(17-21-57-38)39(51)29-6-10-32(44)11-7-29/h3-13,17,21-25,34,39H,14-16,18-20H2,1-2H3,(H,47,54). The van der Waals surface area contributed by atoms with Crippen LogP contribution in [0.2, 0.25) is 5.02 Å². The number of rotatable bonds is 7. The first kappa shape index (κ1) is 36.5.